The van der Waals surface area contributed by atoms with Gasteiger partial charge in [-0.3, -0.25) is 0 Å². The molecule has 5 heteroatoms. The van der Waals surface area contributed by atoms with E-state index in [1.807, 2.05) is 32.9 Å². The van der Waals surface area contributed by atoms with E-state index in [-0.39, 0.29) is 12.1 Å². The molecule has 0 spiro atoms. The topological polar surface area (TPSA) is 55.8 Å². The molecule has 0 atom stereocenters. The van der Waals surface area contributed by atoms with Crippen LogP contribution in [-0.4, -0.2) is 36.2 Å². The highest BCUT2D eigenvalue weighted by molar-refractivity contribution is 5.89. The Morgan fingerprint density at radius 3 is 2.22 bits per heavy atom. The van der Waals surface area contributed by atoms with Crippen molar-refractivity contribution in [2.24, 2.45) is 0 Å². The molecule has 0 unspecified atom stereocenters. The smallest absolute Gasteiger partial charge is 0.410 e. The molecule has 0 N–H and O–H groups in total. The fraction of sp³-hybridized carbons (Fsp3) is 0.556. The van der Waals surface area contributed by atoms with Gasteiger partial charge in [-0.25, -0.2) is 9.59 Å². The lowest BCUT2D eigenvalue weighted by Gasteiger charge is -2.27. The van der Waals surface area contributed by atoms with E-state index in [9.17, 15) is 9.59 Å². The Labute approximate surface area is 138 Å². The summed E-state index contributed by atoms with van der Waals surface area (Å²) in [7, 11) is 1.35. The minimum atomic E-state index is -0.518. The second-order valence-electron chi connectivity index (χ2n) is 6.44. The third-order valence-corrected chi connectivity index (χ3v) is 3.18. The van der Waals surface area contributed by atoms with Crippen LogP contribution in [0.25, 0.3) is 0 Å². The fourth-order valence-electron chi connectivity index (χ4n) is 1.99. The maximum atomic E-state index is 12.3. The van der Waals surface area contributed by atoms with Crippen molar-refractivity contribution in [2.75, 3.05) is 13.7 Å². The second-order valence-corrected chi connectivity index (χ2v) is 6.44. The van der Waals surface area contributed by atoms with Crippen LogP contribution in [0.3, 0.4) is 0 Å². The molecule has 0 aliphatic rings. The van der Waals surface area contributed by atoms with Crippen LogP contribution in [-0.2, 0) is 16.0 Å². The summed E-state index contributed by atoms with van der Waals surface area (Å²) in [6.07, 6.45) is 1.60. The molecule has 1 aromatic rings. The van der Waals surface area contributed by atoms with Crippen LogP contribution in [0.1, 0.15) is 56.5 Å². The van der Waals surface area contributed by atoms with Gasteiger partial charge in [-0.15, -0.1) is 0 Å². The Kier molecular flexibility index (Phi) is 7.07. The number of carbonyl (C=O) groups excluding carboxylic acids is 2. The molecule has 0 aliphatic carbocycles. The molecule has 1 rings (SSSR count). The number of nitrogens with zero attached hydrogens (tertiary/aromatic N) is 1. The number of ether oxygens (including phenoxy) is 2. The summed E-state index contributed by atoms with van der Waals surface area (Å²) in [6, 6.07) is 7.06. The lowest BCUT2D eigenvalue weighted by Crippen LogP contribution is -2.37. The van der Waals surface area contributed by atoms with E-state index in [0.29, 0.717) is 18.7 Å². The van der Waals surface area contributed by atoms with Crippen molar-refractivity contribution in [1.82, 2.24) is 4.90 Å². The third kappa shape index (κ3) is 6.72. The number of unbranched alkanes of at least 4 members (excludes halogenated alkanes) is 1. The summed E-state index contributed by atoms with van der Waals surface area (Å²) < 4.78 is 10.1. The van der Waals surface area contributed by atoms with Crippen molar-refractivity contribution in [2.45, 2.75) is 52.7 Å². The third-order valence-electron chi connectivity index (χ3n) is 3.18. The summed E-state index contributed by atoms with van der Waals surface area (Å²) in [5.74, 6) is -0.369. The van der Waals surface area contributed by atoms with Gasteiger partial charge in [0, 0.05) is 13.1 Å². The highest BCUT2D eigenvalue weighted by atomic mass is 16.6. The van der Waals surface area contributed by atoms with Gasteiger partial charge < -0.3 is 14.4 Å². The molecule has 0 saturated heterocycles. The van der Waals surface area contributed by atoms with Crippen LogP contribution in [0.2, 0.25) is 0 Å². The van der Waals surface area contributed by atoms with Gasteiger partial charge in [-0.05, 0) is 44.9 Å². The van der Waals surface area contributed by atoms with Crippen molar-refractivity contribution in [1.29, 1.82) is 0 Å². The molecule has 0 fully saturated rings. The zero-order chi connectivity index (χ0) is 17.5. The summed E-state index contributed by atoms with van der Waals surface area (Å²) in [6.45, 7) is 8.75. The molecule has 0 bridgehead atoms. The van der Waals surface area contributed by atoms with Crippen molar-refractivity contribution in [3.63, 3.8) is 0 Å². The highest BCUT2D eigenvalue weighted by Crippen LogP contribution is 2.14. The Balaban J connectivity index is 2.80. The first-order valence-corrected chi connectivity index (χ1v) is 7.92. The van der Waals surface area contributed by atoms with Gasteiger partial charge in [0.15, 0.2) is 0 Å². The van der Waals surface area contributed by atoms with E-state index in [4.69, 9.17) is 4.74 Å². The van der Waals surface area contributed by atoms with Gasteiger partial charge in [0.2, 0.25) is 0 Å². The van der Waals surface area contributed by atoms with Gasteiger partial charge in [-0.1, -0.05) is 25.5 Å². The first kappa shape index (κ1) is 19.0. The van der Waals surface area contributed by atoms with Gasteiger partial charge >= 0.3 is 12.1 Å². The van der Waals surface area contributed by atoms with Crippen LogP contribution < -0.4 is 0 Å². The maximum Gasteiger partial charge on any atom is 0.410 e. The standard InChI is InChI=1S/C18H27NO4/c1-6-7-12-19(17(21)23-18(2,3)4)13-14-8-10-15(11-9-14)16(20)22-5/h8-11H,6-7,12-13H2,1-5H3. The Hall–Kier alpha value is -2.04. The predicted molar refractivity (Wildman–Crippen MR) is 89.3 cm³/mol. The summed E-state index contributed by atoms with van der Waals surface area (Å²) in [4.78, 5) is 25.5. The van der Waals surface area contributed by atoms with E-state index in [1.54, 1.807) is 17.0 Å². The summed E-state index contributed by atoms with van der Waals surface area (Å²) >= 11 is 0. The average molecular weight is 321 g/mol. The van der Waals surface area contributed by atoms with Crippen molar-refractivity contribution in [3.8, 4) is 0 Å². The SMILES string of the molecule is CCCCN(Cc1ccc(C(=O)OC)cc1)C(=O)OC(C)(C)C. The Morgan fingerprint density at radius 2 is 1.74 bits per heavy atom. The second kappa shape index (κ2) is 8.56. The van der Waals surface area contributed by atoms with Gasteiger partial charge in [0.1, 0.15) is 5.60 Å². The van der Waals surface area contributed by atoms with Crippen LogP contribution in [0.5, 0.6) is 0 Å². The number of esters is 1. The minimum absolute atomic E-state index is 0.317. The molecule has 0 saturated carbocycles. The van der Waals surface area contributed by atoms with Gasteiger partial charge in [0.05, 0.1) is 12.7 Å². The number of benzene rings is 1. The molecule has 5 nitrogen and oxygen atoms in total. The molecule has 0 radical (unpaired) electrons. The number of hydrogen-bond acceptors (Lipinski definition) is 4. The van der Waals surface area contributed by atoms with E-state index >= 15 is 0 Å². The molecular weight excluding hydrogens is 294 g/mol. The molecule has 128 valence electrons. The largest absolute Gasteiger partial charge is 0.465 e. The molecule has 0 heterocycles. The van der Waals surface area contributed by atoms with Crippen LogP contribution in [0.15, 0.2) is 24.3 Å². The minimum Gasteiger partial charge on any atom is -0.465 e. The molecule has 1 aromatic carbocycles. The lowest BCUT2D eigenvalue weighted by molar-refractivity contribution is 0.0231. The number of hydrogen-bond donors (Lipinski definition) is 0. The van der Waals surface area contributed by atoms with Crippen LogP contribution >= 0.6 is 0 Å². The summed E-state index contributed by atoms with van der Waals surface area (Å²) in [5, 5.41) is 0. The van der Waals surface area contributed by atoms with E-state index in [2.05, 4.69) is 11.7 Å². The number of rotatable bonds is 6. The lowest BCUT2D eigenvalue weighted by atomic mass is 10.1. The van der Waals surface area contributed by atoms with Crippen molar-refractivity contribution < 1.29 is 19.1 Å². The molecule has 23 heavy (non-hydrogen) atoms. The monoisotopic (exact) mass is 321 g/mol. The normalized spacial score (nSPS) is 11.0. The highest BCUT2D eigenvalue weighted by Gasteiger charge is 2.22. The van der Waals surface area contributed by atoms with Gasteiger partial charge in [0.25, 0.3) is 0 Å². The molecule has 0 aromatic heterocycles. The molecule has 0 aliphatic heterocycles. The van der Waals surface area contributed by atoms with E-state index < -0.39 is 5.60 Å². The predicted octanol–water partition coefficient (Wildman–Crippen LogP) is 4.01. The fourth-order valence-corrected chi connectivity index (χ4v) is 1.99. The zero-order valence-corrected chi connectivity index (χ0v) is 14.7. The number of carbonyl (C=O) groups is 2. The summed E-state index contributed by atoms with van der Waals surface area (Å²) in [5.41, 5.74) is 0.921. The van der Waals surface area contributed by atoms with Gasteiger partial charge in [-0.2, -0.15) is 0 Å². The molecular formula is C18H27NO4. The van der Waals surface area contributed by atoms with Crippen LogP contribution in [0.4, 0.5) is 4.79 Å². The van der Waals surface area contributed by atoms with Crippen LogP contribution in [0, 0.1) is 0 Å². The average Bonchev–Trinajstić information content (AvgIpc) is 2.49. The Bertz CT molecular complexity index is 517. The first-order valence-electron chi connectivity index (χ1n) is 7.92. The zero-order valence-electron chi connectivity index (χ0n) is 14.7. The number of amides is 1. The van der Waals surface area contributed by atoms with E-state index in [0.717, 1.165) is 18.4 Å². The quantitative estimate of drug-likeness (QED) is 0.743. The maximum absolute atomic E-state index is 12.3. The van der Waals surface area contributed by atoms with E-state index in [1.165, 1.54) is 7.11 Å². The molecule has 1 amide bonds. The Morgan fingerprint density at radius 1 is 1.13 bits per heavy atom. The number of methoxy groups -OCH3 is 1. The van der Waals surface area contributed by atoms with Crippen molar-refractivity contribution in [3.05, 3.63) is 35.4 Å². The first-order chi connectivity index (χ1) is 10.8. The van der Waals surface area contributed by atoms with Crippen molar-refractivity contribution >= 4 is 12.1 Å².